The molecule has 0 spiro atoms. The van der Waals surface area contributed by atoms with Gasteiger partial charge in [0, 0.05) is 30.4 Å². The van der Waals surface area contributed by atoms with Gasteiger partial charge in [0.2, 0.25) is 13.9 Å². The fraction of sp³-hybridized carbons (Fsp3) is 0.286. The Labute approximate surface area is 186 Å². The number of hydrogen-bond donors (Lipinski definition) is 2. The second kappa shape index (κ2) is 11.3. The number of anilines is 1. The number of nitrogens with zero attached hydrogens (tertiary/aromatic N) is 2. The van der Waals surface area contributed by atoms with Crippen LogP contribution in [0.15, 0.2) is 48.1 Å². The van der Waals surface area contributed by atoms with Gasteiger partial charge in [-0.05, 0) is 37.2 Å². The monoisotopic (exact) mass is 438 g/mol. The van der Waals surface area contributed by atoms with E-state index in [1.165, 1.54) is 34.9 Å². The van der Waals surface area contributed by atoms with E-state index in [4.69, 9.17) is 17.5 Å². The van der Waals surface area contributed by atoms with Crippen molar-refractivity contribution >= 4 is 36.3 Å². The van der Waals surface area contributed by atoms with Crippen LogP contribution in [0.5, 0.6) is 5.75 Å². The van der Waals surface area contributed by atoms with Gasteiger partial charge >= 0.3 is 0 Å². The van der Waals surface area contributed by atoms with Crippen molar-refractivity contribution in [3.8, 4) is 17.0 Å². The standard InChI is InChI=1S/C17H15BN4O3S.C4H8O/c1-25-13-4-2-3-11(7-13)14-10-26-17(20-14)21-15(23)8-19-16(24)12-5-6-22(18)9-12;1-2-4-5-3-1/h2-7,9-10H,8H2,1H3,(H,19,24)(H,20,21,23);1-4H2. The molecule has 1 saturated heterocycles. The van der Waals surface area contributed by atoms with Crippen LogP contribution in [0.4, 0.5) is 5.13 Å². The number of carbonyl (C=O) groups is 2. The summed E-state index contributed by atoms with van der Waals surface area (Å²) in [5, 5.41) is 7.49. The summed E-state index contributed by atoms with van der Waals surface area (Å²) in [6, 6.07) is 9.06. The highest BCUT2D eigenvalue weighted by atomic mass is 32.1. The van der Waals surface area contributed by atoms with E-state index in [0.29, 0.717) is 10.7 Å². The van der Waals surface area contributed by atoms with Gasteiger partial charge in [-0.15, -0.1) is 11.3 Å². The number of benzene rings is 1. The topological polar surface area (TPSA) is 94.5 Å². The third kappa shape index (κ3) is 6.97. The maximum absolute atomic E-state index is 12.0. The van der Waals surface area contributed by atoms with E-state index in [0.717, 1.165) is 30.2 Å². The van der Waals surface area contributed by atoms with Crippen molar-refractivity contribution < 1.29 is 19.1 Å². The summed E-state index contributed by atoms with van der Waals surface area (Å²) in [5.41, 5.74) is 2.01. The first-order chi connectivity index (χ1) is 15.0. The zero-order valence-corrected chi connectivity index (χ0v) is 18.0. The fourth-order valence-electron chi connectivity index (χ4n) is 2.73. The highest BCUT2D eigenvalue weighted by Gasteiger charge is 2.11. The molecule has 0 atom stereocenters. The molecule has 10 heteroatoms. The van der Waals surface area contributed by atoms with E-state index < -0.39 is 0 Å². The Hall–Kier alpha value is -3.11. The van der Waals surface area contributed by atoms with Gasteiger partial charge in [0.15, 0.2) is 5.13 Å². The molecule has 31 heavy (non-hydrogen) atoms. The number of rotatable bonds is 6. The number of thiazole rings is 1. The molecule has 3 aromatic rings. The van der Waals surface area contributed by atoms with E-state index in [2.05, 4.69) is 15.6 Å². The van der Waals surface area contributed by atoms with E-state index in [1.807, 2.05) is 29.6 Å². The van der Waals surface area contributed by atoms with E-state index >= 15 is 0 Å². The fourth-order valence-corrected chi connectivity index (χ4v) is 3.47. The highest BCUT2D eigenvalue weighted by molar-refractivity contribution is 7.14. The molecule has 2 radical (unpaired) electrons. The Balaban J connectivity index is 0.000000478. The van der Waals surface area contributed by atoms with Crippen LogP contribution < -0.4 is 15.4 Å². The minimum Gasteiger partial charge on any atom is -0.497 e. The lowest BCUT2D eigenvalue weighted by molar-refractivity contribution is -0.115. The molecule has 4 rings (SSSR count). The Bertz CT molecular complexity index is 1010. The third-order valence-electron chi connectivity index (χ3n) is 4.33. The van der Waals surface area contributed by atoms with Crippen LogP contribution in [0.1, 0.15) is 23.2 Å². The van der Waals surface area contributed by atoms with Gasteiger partial charge in [0.25, 0.3) is 5.91 Å². The van der Waals surface area contributed by atoms with Crippen LogP contribution in [0.2, 0.25) is 0 Å². The summed E-state index contributed by atoms with van der Waals surface area (Å²) in [6.07, 6.45) is 5.57. The number of aromatic nitrogens is 2. The summed E-state index contributed by atoms with van der Waals surface area (Å²) in [7, 11) is 7.09. The van der Waals surface area contributed by atoms with Crippen LogP contribution >= 0.6 is 11.3 Å². The summed E-state index contributed by atoms with van der Waals surface area (Å²) in [4.78, 5) is 28.3. The molecule has 160 valence electrons. The van der Waals surface area contributed by atoms with Crippen molar-refractivity contribution in [2.24, 2.45) is 0 Å². The van der Waals surface area contributed by atoms with Crippen molar-refractivity contribution in [1.29, 1.82) is 0 Å². The second-order valence-electron chi connectivity index (χ2n) is 6.67. The lowest BCUT2D eigenvalue weighted by atomic mass is 10.2. The zero-order valence-electron chi connectivity index (χ0n) is 17.2. The number of hydrogen-bond acceptors (Lipinski definition) is 6. The molecule has 1 fully saturated rings. The molecule has 0 saturated carbocycles. The largest absolute Gasteiger partial charge is 0.497 e. The van der Waals surface area contributed by atoms with Gasteiger partial charge in [-0.25, -0.2) is 4.98 Å². The van der Waals surface area contributed by atoms with Gasteiger partial charge in [0.1, 0.15) is 5.75 Å². The van der Waals surface area contributed by atoms with Gasteiger partial charge in [0.05, 0.1) is 24.9 Å². The normalized spacial score (nSPS) is 12.5. The molecule has 2 amide bonds. The van der Waals surface area contributed by atoms with Crippen molar-refractivity contribution in [3.63, 3.8) is 0 Å². The summed E-state index contributed by atoms with van der Waals surface area (Å²) in [6.45, 7) is 1.84. The maximum Gasteiger partial charge on any atom is 0.253 e. The smallest absolute Gasteiger partial charge is 0.253 e. The molecule has 1 aromatic carbocycles. The first-order valence-electron chi connectivity index (χ1n) is 9.74. The minimum absolute atomic E-state index is 0.164. The van der Waals surface area contributed by atoms with E-state index in [1.54, 1.807) is 19.4 Å². The molecule has 2 N–H and O–H groups in total. The Morgan fingerprint density at radius 3 is 2.74 bits per heavy atom. The maximum atomic E-state index is 12.0. The van der Waals surface area contributed by atoms with Crippen LogP contribution in [0.3, 0.4) is 0 Å². The van der Waals surface area contributed by atoms with Gasteiger partial charge in [-0.3, -0.25) is 9.59 Å². The number of nitrogens with one attached hydrogen (secondary N) is 2. The van der Waals surface area contributed by atoms with Crippen molar-refractivity contribution in [2.75, 3.05) is 32.2 Å². The Kier molecular flexibility index (Phi) is 8.25. The van der Waals surface area contributed by atoms with Crippen LogP contribution in [-0.4, -0.2) is 56.1 Å². The van der Waals surface area contributed by atoms with E-state index in [-0.39, 0.29) is 18.4 Å². The van der Waals surface area contributed by atoms with Crippen LogP contribution in [0, 0.1) is 0 Å². The molecule has 8 nitrogen and oxygen atoms in total. The van der Waals surface area contributed by atoms with Gasteiger partial charge in [-0.2, -0.15) is 0 Å². The van der Waals surface area contributed by atoms with Crippen molar-refractivity contribution in [3.05, 3.63) is 53.7 Å². The predicted octanol–water partition coefficient (Wildman–Crippen LogP) is 2.72. The second-order valence-corrected chi connectivity index (χ2v) is 7.53. The van der Waals surface area contributed by atoms with Crippen molar-refractivity contribution in [2.45, 2.75) is 12.8 Å². The summed E-state index contributed by atoms with van der Waals surface area (Å²) < 4.78 is 11.4. The first kappa shape index (κ1) is 22.6. The average Bonchev–Trinajstić information content (AvgIpc) is 3.56. The SMILES string of the molecule is C1CCOC1.[B]n1ccc(C(=O)NCC(=O)Nc2nc(-c3cccc(OC)c3)cs2)c1. The Morgan fingerprint density at radius 1 is 1.29 bits per heavy atom. The number of carbonyl (C=O) groups excluding carboxylic acids is 2. The molecule has 0 unspecified atom stereocenters. The first-order valence-corrected chi connectivity index (χ1v) is 10.6. The van der Waals surface area contributed by atoms with Crippen LogP contribution in [-0.2, 0) is 9.53 Å². The minimum atomic E-state index is -0.374. The number of amides is 2. The van der Waals surface area contributed by atoms with E-state index in [9.17, 15) is 9.59 Å². The summed E-state index contributed by atoms with van der Waals surface area (Å²) >= 11 is 1.30. The number of ether oxygens (including phenoxy) is 2. The molecule has 1 aliphatic heterocycles. The third-order valence-corrected chi connectivity index (χ3v) is 5.09. The molecule has 2 aromatic heterocycles. The molecule has 0 bridgehead atoms. The number of methoxy groups -OCH3 is 1. The van der Waals surface area contributed by atoms with Gasteiger partial charge in [-0.1, -0.05) is 12.1 Å². The Morgan fingerprint density at radius 2 is 2.10 bits per heavy atom. The van der Waals surface area contributed by atoms with Crippen LogP contribution in [0.25, 0.3) is 11.3 Å². The van der Waals surface area contributed by atoms with Gasteiger partial charge < -0.3 is 24.6 Å². The average molecular weight is 438 g/mol. The molecule has 3 heterocycles. The predicted molar refractivity (Wildman–Crippen MR) is 121 cm³/mol. The molecule has 0 aliphatic carbocycles. The lowest BCUT2D eigenvalue weighted by Gasteiger charge is -2.04. The lowest BCUT2D eigenvalue weighted by Crippen LogP contribution is -2.32. The molecular weight excluding hydrogens is 415 g/mol. The quantitative estimate of drug-likeness (QED) is 0.578. The molecule has 1 aliphatic rings. The van der Waals surface area contributed by atoms with Crippen molar-refractivity contribution in [1.82, 2.24) is 14.8 Å². The zero-order chi connectivity index (χ0) is 22.1. The highest BCUT2D eigenvalue weighted by Crippen LogP contribution is 2.27. The summed E-state index contributed by atoms with van der Waals surface area (Å²) in [5.74, 6) is -0.00672. The molecular formula is C21H23BN4O4S.